The summed E-state index contributed by atoms with van der Waals surface area (Å²) in [4.78, 5) is 18.2. The first kappa shape index (κ1) is 16.0. The molecule has 1 fully saturated rings. The Bertz CT molecular complexity index is 750. The number of benzene rings is 1. The van der Waals surface area contributed by atoms with Gasteiger partial charge in [-0.3, -0.25) is 0 Å². The van der Waals surface area contributed by atoms with Gasteiger partial charge in [0.25, 0.3) is 0 Å². The molecule has 0 bridgehead atoms. The molecule has 5 nitrogen and oxygen atoms in total. The molecule has 0 amide bonds. The highest BCUT2D eigenvalue weighted by Gasteiger charge is 2.27. The lowest BCUT2D eigenvalue weighted by molar-refractivity contribution is 0.0699. The molecule has 0 aliphatic carbocycles. The van der Waals surface area contributed by atoms with E-state index in [1.165, 1.54) is 0 Å². The van der Waals surface area contributed by atoms with Crippen LogP contribution in [-0.2, 0) is 0 Å². The van der Waals surface area contributed by atoms with Gasteiger partial charge < -0.3 is 15.1 Å². The number of aromatic carboxylic acids is 1. The van der Waals surface area contributed by atoms with Crippen molar-refractivity contribution in [2.45, 2.75) is 13.3 Å². The highest BCUT2D eigenvalue weighted by Crippen LogP contribution is 2.30. The molecular weight excluding hydrogens is 316 g/mol. The van der Waals surface area contributed by atoms with Crippen LogP contribution in [0.3, 0.4) is 0 Å². The number of aliphatic hydroxyl groups is 1. The first-order chi connectivity index (χ1) is 11.0. The fourth-order valence-corrected chi connectivity index (χ4v) is 3.41. The maximum Gasteiger partial charge on any atom is 0.337 e. The largest absolute Gasteiger partial charge is 0.478 e. The van der Waals surface area contributed by atoms with Crippen LogP contribution in [-0.4, -0.2) is 40.9 Å². The Hall–Kier alpha value is -1.85. The summed E-state index contributed by atoms with van der Waals surface area (Å²) in [6, 6.07) is 6.94. The highest BCUT2D eigenvalue weighted by atomic mass is 35.5. The van der Waals surface area contributed by atoms with E-state index in [-0.39, 0.29) is 23.1 Å². The van der Waals surface area contributed by atoms with Crippen molar-refractivity contribution in [2.24, 2.45) is 11.8 Å². The van der Waals surface area contributed by atoms with Crippen molar-refractivity contribution < 1.29 is 15.0 Å². The molecule has 23 heavy (non-hydrogen) atoms. The van der Waals surface area contributed by atoms with Gasteiger partial charge in [-0.05, 0) is 42.5 Å². The molecule has 122 valence electrons. The minimum Gasteiger partial charge on any atom is -0.478 e. The number of carboxylic acids is 1. The maximum atomic E-state index is 11.4. The molecule has 1 unspecified atom stereocenters. The van der Waals surface area contributed by atoms with Crippen LogP contribution in [0.5, 0.6) is 0 Å². The Kier molecular flexibility index (Phi) is 4.41. The number of nitrogens with zero attached hydrogens (tertiary/aromatic N) is 2. The molecule has 0 radical (unpaired) electrons. The molecule has 2 N–H and O–H groups in total. The van der Waals surface area contributed by atoms with Crippen LogP contribution < -0.4 is 4.90 Å². The lowest BCUT2D eigenvalue weighted by Gasteiger charge is -2.20. The van der Waals surface area contributed by atoms with Crippen LogP contribution in [0.15, 0.2) is 24.3 Å². The summed E-state index contributed by atoms with van der Waals surface area (Å²) in [5.41, 5.74) is 0.722. The number of pyridine rings is 1. The molecule has 1 saturated heterocycles. The van der Waals surface area contributed by atoms with E-state index in [1.54, 1.807) is 18.2 Å². The Morgan fingerprint density at radius 3 is 2.91 bits per heavy atom. The number of rotatable bonds is 4. The molecule has 2 aromatic rings. The van der Waals surface area contributed by atoms with Gasteiger partial charge in [0.15, 0.2) is 0 Å². The fourth-order valence-electron chi connectivity index (χ4n) is 3.17. The standard InChI is InChI=1S/C17H19ClN2O3/c1-10(9-21)11-6-7-20(8-11)15-5-2-12-14(19-15)4-3-13(18)16(12)17(22)23/h2-5,10-11,21H,6-9H2,1H3,(H,22,23)/t10?,11-/m0/s1. The summed E-state index contributed by atoms with van der Waals surface area (Å²) in [6.45, 7) is 4.01. The second-order valence-corrected chi connectivity index (χ2v) is 6.53. The minimum atomic E-state index is -1.05. The number of carboxylic acid groups (broad SMARTS) is 1. The van der Waals surface area contributed by atoms with Crippen molar-refractivity contribution in [1.29, 1.82) is 0 Å². The average molecular weight is 335 g/mol. The Labute approximate surface area is 139 Å². The quantitative estimate of drug-likeness (QED) is 0.899. The summed E-state index contributed by atoms with van der Waals surface area (Å²) < 4.78 is 0. The van der Waals surface area contributed by atoms with Gasteiger partial charge in [0.2, 0.25) is 0 Å². The van der Waals surface area contributed by atoms with E-state index < -0.39 is 5.97 Å². The smallest absolute Gasteiger partial charge is 0.337 e. The topological polar surface area (TPSA) is 73.7 Å². The fraction of sp³-hybridized carbons (Fsp3) is 0.412. The van der Waals surface area contributed by atoms with E-state index in [0.29, 0.717) is 16.8 Å². The lowest BCUT2D eigenvalue weighted by Crippen LogP contribution is -2.23. The van der Waals surface area contributed by atoms with Gasteiger partial charge in [-0.25, -0.2) is 9.78 Å². The number of hydrogen-bond acceptors (Lipinski definition) is 4. The monoisotopic (exact) mass is 334 g/mol. The predicted molar refractivity (Wildman–Crippen MR) is 90.3 cm³/mol. The predicted octanol–water partition coefficient (Wildman–Crippen LogP) is 3.04. The Morgan fingerprint density at radius 1 is 1.43 bits per heavy atom. The molecule has 2 heterocycles. The third-order valence-electron chi connectivity index (χ3n) is 4.66. The first-order valence-corrected chi connectivity index (χ1v) is 8.07. The minimum absolute atomic E-state index is 0.0939. The van der Waals surface area contributed by atoms with Gasteiger partial charge in [-0.2, -0.15) is 0 Å². The van der Waals surface area contributed by atoms with Gasteiger partial charge in [-0.15, -0.1) is 0 Å². The van der Waals surface area contributed by atoms with E-state index >= 15 is 0 Å². The van der Waals surface area contributed by atoms with E-state index in [0.717, 1.165) is 25.3 Å². The zero-order valence-electron chi connectivity index (χ0n) is 12.9. The van der Waals surface area contributed by atoms with Gasteiger partial charge in [-0.1, -0.05) is 18.5 Å². The lowest BCUT2D eigenvalue weighted by atomic mass is 9.94. The molecule has 0 saturated carbocycles. The summed E-state index contributed by atoms with van der Waals surface area (Å²) in [5, 5.41) is 19.4. The number of anilines is 1. The summed E-state index contributed by atoms with van der Waals surface area (Å²) in [5.74, 6) is 0.520. The molecule has 1 aromatic carbocycles. The first-order valence-electron chi connectivity index (χ1n) is 7.69. The van der Waals surface area contributed by atoms with E-state index in [2.05, 4.69) is 16.8 Å². The van der Waals surface area contributed by atoms with Crippen molar-refractivity contribution in [3.8, 4) is 0 Å². The van der Waals surface area contributed by atoms with Crippen molar-refractivity contribution in [2.75, 3.05) is 24.6 Å². The molecule has 1 aliphatic rings. The Balaban J connectivity index is 1.93. The third kappa shape index (κ3) is 2.99. The van der Waals surface area contributed by atoms with Gasteiger partial charge >= 0.3 is 5.97 Å². The average Bonchev–Trinajstić information content (AvgIpc) is 3.03. The molecular formula is C17H19ClN2O3. The second-order valence-electron chi connectivity index (χ2n) is 6.12. The van der Waals surface area contributed by atoms with Gasteiger partial charge in [0.05, 0.1) is 16.1 Å². The third-order valence-corrected chi connectivity index (χ3v) is 4.98. The van der Waals surface area contributed by atoms with Gasteiger partial charge in [0.1, 0.15) is 5.82 Å². The SMILES string of the molecule is CC(CO)[C@H]1CCN(c2ccc3c(C(=O)O)c(Cl)ccc3n2)C1. The van der Waals surface area contributed by atoms with Crippen molar-refractivity contribution in [3.05, 3.63) is 34.9 Å². The molecule has 3 rings (SSSR count). The summed E-state index contributed by atoms with van der Waals surface area (Å²) >= 11 is 5.99. The number of hydrogen-bond donors (Lipinski definition) is 2. The second kappa shape index (κ2) is 6.34. The van der Waals surface area contributed by atoms with Crippen LogP contribution in [0.1, 0.15) is 23.7 Å². The van der Waals surface area contributed by atoms with Crippen molar-refractivity contribution >= 4 is 34.3 Å². The van der Waals surface area contributed by atoms with E-state index in [1.807, 2.05) is 6.07 Å². The summed E-state index contributed by atoms with van der Waals surface area (Å²) in [7, 11) is 0. The van der Waals surface area contributed by atoms with Crippen LogP contribution >= 0.6 is 11.6 Å². The van der Waals surface area contributed by atoms with Crippen molar-refractivity contribution in [1.82, 2.24) is 4.98 Å². The number of fused-ring (bicyclic) bond motifs is 1. The number of carbonyl (C=O) groups is 1. The molecule has 6 heteroatoms. The highest BCUT2D eigenvalue weighted by molar-refractivity contribution is 6.35. The van der Waals surface area contributed by atoms with Crippen LogP contribution in [0.25, 0.3) is 10.9 Å². The summed E-state index contributed by atoms with van der Waals surface area (Å²) in [6.07, 6.45) is 1.03. The van der Waals surface area contributed by atoms with Crippen molar-refractivity contribution in [3.63, 3.8) is 0 Å². The zero-order chi connectivity index (χ0) is 16.6. The molecule has 1 aromatic heterocycles. The van der Waals surface area contributed by atoms with Crippen LogP contribution in [0.2, 0.25) is 5.02 Å². The molecule has 2 atom stereocenters. The number of aliphatic hydroxyl groups excluding tert-OH is 1. The van der Waals surface area contributed by atoms with E-state index in [9.17, 15) is 15.0 Å². The van der Waals surface area contributed by atoms with Gasteiger partial charge in [0, 0.05) is 25.1 Å². The molecule has 1 aliphatic heterocycles. The Morgan fingerprint density at radius 2 is 2.22 bits per heavy atom. The maximum absolute atomic E-state index is 11.4. The van der Waals surface area contributed by atoms with Crippen LogP contribution in [0.4, 0.5) is 5.82 Å². The number of aromatic nitrogens is 1. The normalized spacial score (nSPS) is 19.3. The van der Waals surface area contributed by atoms with E-state index in [4.69, 9.17) is 11.6 Å². The molecule has 0 spiro atoms. The van der Waals surface area contributed by atoms with Crippen LogP contribution in [0, 0.1) is 11.8 Å². The number of halogens is 1. The zero-order valence-corrected chi connectivity index (χ0v) is 13.6.